The number of hydrogen-bond acceptors (Lipinski definition) is 5. The molecule has 0 unspecified atom stereocenters. The molecule has 11 heteroatoms. The molecule has 0 spiro atoms. The lowest BCUT2D eigenvalue weighted by Crippen LogP contribution is -2.25. The van der Waals surface area contributed by atoms with Gasteiger partial charge in [-0.15, -0.1) is 0 Å². The summed E-state index contributed by atoms with van der Waals surface area (Å²) in [5.41, 5.74) is 3.25. The third-order valence-electron chi connectivity index (χ3n) is 5.54. The van der Waals surface area contributed by atoms with Crippen LogP contribution in [0.4, 0.5) is 17.6 Å². The fourth-order valence-corrected chi connectivity index (χ4v) is 4.31. The van der Waals surface area contributed by atoms with Crippen molar-refractivity contribution in [2.45, 2.75) is 19.3 Å². The van der Waals surface area contributed by atoms with Gasteiger partial charge < -0.3 is 14.0 Å². The van der Waals surface area contributed by atoms with Crippen LogP contribution in [-0.2, 0) is 13.1 Å². The second-order valence-corrected chi connectivity index (χ2v) is 8.55. The van der Waals surface area contributed by atoms with Crippen molar-refractivity contribution in [3.05, 3.63) is 77.0 Å². The molecule has 0 bridgehead atoms. The zero-order valence-electron chi connectivity index (χ0n) is 18.2. The highest BCUT2D eigenvalue weighted by atomic mass is 35.5. The summed E-state index contributed by atoms with van der Waals surface area (Å²) >= 11 is 6.57. The standard InChI is InChI=1S/C24H19ClF4N4O2/c25-20-9-19(33-4-3-16-7-18(26)1-2-21(16)33)8-17-13-32(5-6-34-22(17)20)12-15-10-30-23(31-11-15)35-14-24(27,28)29/h1-4,7-11H,5-6,12-14H2. The molecule has 0 fully saturated rings. The molecule has 2 aromatic heterocycles. The summed E-state index contributed by atoms with van der Waals surface area (Å²) in [6.45, 7) is 0.532. The van der Waals surface area contributed by atoms with Gasteiger partial charge >= 0.3 is 12.2 Å². The van der Waals surface area contributed by atoms with E-state index in [0.717, 1.165) is 22.2 Å². The van der Waals surface area contributed by atoms with Gasteiger partial charge in [-0.25, -0.2) is 14.4 Å². The van der Waals surface area contributed by atoms with Gasteiger partial charge in [-0.3, -0.25) is 4.90 Å². The molecule has 0 saturated carbocycles. The van der Waals surface area contributed by atoms with Crippen molar-refractivity contribution in [3.63, 3.8) is 0 Å². The molecule has 6 nitrogen and oxygen atoms in total. The molecule has 0 amide bonds. The lowest BCUT2D eigenvalue weighted by atomic mass is 10.1. The van der Waals surface area contributed by atoms with E-state index >= 15 is 0 Å². The van der Waals surface area contributed by atoms with Gasteiger partial charge in [0.1, 0.15) is 18.2 Å². The summed E-state index contributed by atoms with van der Waals surface area (Å²) in [5, 5.41) is 1.24. The molecule has 5 rings (SSSR count). The molecule has 4 aromatic rings. The van der Waals surface area contributed by atoms with Crippen LogP contribution in [0.15, 0.2) is 55.0 Å². The van der Waals surface area contributed by atoms with Gasteiger partial charge in [-0.1, -0.05) is 11.6 Å². The van der Waals surface area contributed by atoms with Gasteiger partial charge in [-0.05, 0) is 36.4 Å². The third-order valence-corrected chi connectivity index (χ3v) is 5.82. The molecule has 0 saturated heterocycles. The summed E-state index contributed by atoms with van der Waals surface area (Å²) in [4.78, 5) is 9.84. The summed E-state index contributed by atoms with van der Waals surface area (Å²) < 4.78 is 62.9. The number of hydrogen-bond donors (Lipinski definition) is 0. The molecule has 0 aliphatic carbocycles. The van der Waals surface area contributed by atoms with Crippen molar-refractivity contribution in [2.75, 3.05) is 19.8 Å². The van der Waals surface area contributed by atoms with Gasteiger partial charge in [0.15, 0.2) is 6.61 Å². The molecule has 182 valence electrons. The molecule has 1 aliphatic heterocycles. The molecule has 0 radical (unpaired) electrons. The lowest BCUT2D eigenvalue weighted by molar-refractivity contribution is -0.154. The average Bonchev–Trinajstić information content (AvgIpc) is 3.11. The summed E-state index contributed by atoms with van der Waals surface area (Å²) in [7, 11) is 0. The number of ether oxygens (including phenoxy) is 2. The van der Waals surface area contributed by atoms with Crippen molar-refractivity contribution >= 4 is 22.5 Å². The maximum Gasteiger partial charge on any atom is 0.422 e. The van der Waals surface area contributed by atoms with E-state index in [2.05, 4.69) is 19.6 Å². The Morgan fingerprint density at radius 2 is 1.89 bits per heavy atom. The number of alkyl halides is 3. The van der Waals surface area contributed by atoms with Crippen LogP contribution in [0.3, 0.4) is 0 Å². The molecule has 2 aromatic carbocycles. The highest BCUT2D eigenvalue weighted by molar-refractivity contribution is 6.32. The fraction of sp³-hybridized carbons (Fsp3) is 0.250. The lowest BCUT2D eigenvalue weighted by Gasteiger charge is -2.19. The largest absolute Gasteiger partial charge is 0.490 e. The number of nitrogens with zero attached hydrogens (tertiary/aromatic N) is 4. The van der Waals surface area contributed by atoms with Gasteiger partial charge in [0.05, 0.1) is 10.5 Å². The predicted octanol–water partition coefficient (Wildman–Crippen LogP) is 5.55. The van der Waals surface area contributed by atoms with E-state index in [4.69, 9.17) is 16.3 Å². The summed E-state index contributed by atoms with van der Waals surface area (Å²) in [6, 6.07) is 9.91. The minimum absolute atomic E-state index is 0.303. The van der Waals surface area contributed by atoms with E-state index in [-0.39, 0.29) is 11.8 Å². The number of aromatic nitrogens is 3. The van der Waals surface area contributed by atoms with Crippen molar-refractivity contribution in [3.8, 4) is 17.4 Å². The topological polar surface area (TPSA) is 52.4 Å². The summed E-state index contributed by atoms with van der Waals surface area (Å²) in [5.74, 6) is 0.302. The molecule has 0 atom stereocenters. The minimum atomic E-state index is -4.45. The number of rotatable bonds is 5. The third kappa shape index (κ3) is 5.33. The second-order valence-electron chi connectivity index (χ2n) is 8.14. The Kier molecular flexibility index (Phi) is 6.24. The Hall–Kier alpha value is -3.37. The van der Waals surface area contributed by atoms with Crippen molar-refractivity contribution < 1.29 is 27.0 Å². The van der Waals surface area contributed by atoms with Crippen LogP contribution >= 0.6 is 11.6 Å². The maximum atomic E-state index is 13.6. The van der Waals surface area contributed by atoms with Crippen LogP contribution in [0.25, 0.3) is 16.6 Å². The van der Waals surface area contributed by atoms with Crippen LogP contribution in [0.5, 0.6) is 11.8 Å². The smallest absolute Gasteiger partial charge is 0.422 e. The van der Waals surface area contributed by atoms with Crippen LogP contribution in [0, 0.1) is 5.82 Å². The van der Waals surface area contributed by atoms with Gasteiger partial charge in [-0.2, -0.15) is 13.2 Å². The zero-order chi connectivity index (χ0) is 24.6. The van der Waals surface area contributed by atoms with Gasteiger partial charge in [0, 0.05) is 60.4 Å². The van der Waals surface area contributed by atoms with Crippen molar-refractivity contribution in [1.29, 1.82) is 0 Å². The van der Waals surface area contributed by atoms with E-state index < -0.39 is 12.8 Å². The SMILES string of the molecule is Fc1ccc2c(ccn2-c2cc(Cl)c3c(c2)CN(Cc2cnc(OCC(F)(F)F)nc2)CCO3)c1. The second kappa shape index (κ2) is 9.35. The van der Waals surface area contributed by atoms with Crippen LogP contribution < -0.4 is 9.47 Å². The average molecular weight is 507 g/mol. The number of fused-ring (bicyclic) bond motifs is 2. The normalized spacial score (nSPS) is 14.4. The fourth-order valence-electron chi connectivity index (χ4n) is 4.03. The molecular weight excluding hydrogens is 488 g/mol. The van der Waals surface area contributed by atoms with E-state index in [1.54, 1.807) is 6.07 Å². The first kappa shape index (κ1) is 23.4. The first-order valence-corrected chi connectivity index (χ1v) is 11.1. The van der Waals surface area contributed by atoms with Gasteiger partial charge in [0.25, 0.3) is 0 Å². The van der Waals surface area contributed by atoms with Crippen molar-refractivity contribution in [1.82, 2.24) is 19.4 Å². The quantitative estimate of drug-likeness (QED) is 0.332. The Morgan fingerprint density at radius 1 is 1.09 bits per heavy atom. The molecule has 0 N–H and O–H groups in total. The maximum absolute atomic E-state index is 13.6. The van der Waals surface area contributed by atoms with Crippen LogP contribution in [0.2, 0.25) is 5.02 Å². The van der Waals surface area contributed by atoms with Crippen LogP contribution in [0.1, 0.15) is 11.1 Å². The Labute approximate surface area is 202 Å². The van der Waals surface area contributed by atoms with Gasteiger partial charge in [0.2, 0.25) is 0 Å². The molecule has 35 heavy (non-hydrogen) atoms. The van der Waals surface area contributed by atoms with E-state index in [9.17, 15) is 17.6 Å². The zero-order valence-corrected chi connectivity index (χ0v) is 19.0. The monoisotopic (exact) mass is 506 g/mol. The summed E-state index contributed by atoms with van der Waals surface area (Å²) in [6.07, 6.45) is 0.293. The molecular formula is C24H19ClF4N4O2. The Bertz CT molecular complexity index is 1360. The van der Waals surface area contributed by atoms with E-state index in [0.29, 0.717) is 42.6 Å². The van der Waals surface area contributed by atoms with Crippen molar-refractivity contribution in [2.24, 2.45) is 0 Å². The van der Waals surface area contributed by atoms with E-state index in [1.165, 1.54) is 24.5 Å². The molecule has 3 heterocycles. The predicted molar refractivity (Wildman–Crippen MR) is 121 cm³/mol. The van der Waals surface area contributed by atoms with E-state index in [1.807, 2.05) is 29.0 Å². The Morgan fingerprint density at radius 3 is 2.66 bits per heavy atom. The number of benzene rings is 2. The molecule has 1 aliphatic rings. The number of halogens is 5. The Balaban J connectivity index is 1.36. The minimum Gasteiger partial charge on any atom is -0.490 e. The first-order valence-electron chi connectivity index (χ1n) is 10.7. The highest BCUT2D eigenvalue weighted by Gasteiger charge is 2.29. The van der Waals surface area contributed by atoms with Crippen LogP contribution in [-0.4, -0.2) is 45.4 Å². The first-order chi connectivity index (χ1) is 16.7. The highest BCUT2D eigenvalue weighted by Crippen LogP contribution is 2.35.